The summed E-state index contributed by atoms with van der Waals surface area (Å²) in [5.74, 6) is 0.205. The first-order chi connectivity index (χ1) is 8.74. The van der Waals surface area contributed by atoms with Crippen LogP contribution in [0.25, 0.3) is 0 Å². The molecule has 1 saturated heterocycles. The Morgan fingerprint density at radius 2 is 2.06 bits per heavy atom. The molecular weight excluding hydrogens is 226 g/mol. The summed E-state index contributed by atoms with van der Waals surface area (Å²) in [6.07, 6.45) is 8.90. The van der Waals surface area contributed by atoms with Gasteiger partial charge in [-0.25, -0.2) is 0 Å². The minimum Gasteiger partial charge on any atom is -0.352 e. The molecule has 4 N–H and O–H groups in total. The van der Waals surface area contributed by atoms with Gasteiger partial charge in [0.05, 0.1) is 0 Å². The summed E-state index contributed by atoms with van der Waals surface area (Å²) in [5, 5.41) is 6.50. The second-order valence-electron chi connectivity index (χ2n) is 6.05. The van der Waals surface area contributed by atoms with Crippen LogP contribution in [0, 0.1) is 5.41 Å². The number of carbonyl (C=O) groups excluding carboxylic acids is 1. The lowest BCUT2D eigenvalue weighted by atomic mass is 9.71. The molecule has 0 radical (unpaired) electrons. The van der Waals surface area contributed by atoms with Crippen LogP contribution in [0.2, 0.25) is 0 Å². The average Bonchev–Trinajstić information content (AvgIpc) is 2.41. The Morgan fingerprint density at radius 3 is 2.67 bits per heavy atom. The van der Waals surface area contributed by atoms with Crippen molar-refractivity contribution in [1.29, 1.82) is 0 Å². The van der Waals surface area contributed by atoms with E-state index < -0.39 is 0 Å². The zero-order valence-electron chi connectivity index (χ0n) is 11.3. The molecule has 0 bridgehead atoms. The van der Waals surface area contributed by atoms with Crippen molar-refractivity contribution in [3.63, 3.8) is 0 Å². The fraction of sp³-hybridized carbons (Fsp3) is 0.929. The highest BCUT2D eigenvalue weighted by Gasteiger charge is 2.33. The highest BCUT2D eigenvalue weighted by molar-refractivity contribution is 5.77. The molecule has 104 valence electrons. The molecule has 1 heterocycles. The molecule has 4 nitrogen and oxygen atoms in total. The Labute approximate surface area is 110 Å². The summed E-state index contributed by atoms with van der Waals surface area (Å²) in [4.78, 5) is 12.1. The summed E-state index contributed by atoms with van der Waals surface area (Å²) < 4.78 is 0. The Bertz CT molecular complexity index is 268. The number of carbonyl (C=O) groups is 1. The molecule has 0 aromatic carbocycles. The lowest BCUT2D eigenvalue weighted by molar-refractivity contribution is -0.124. The van der Waals surface area contributed by atoms with Crippen LogP contribution in [0.1, 0.15) is 51.4 Å². The number of piperidine rings is 1. The van der Waals surface area contributed by atoms with Gasteiger partial charge >= 0.3 is 0 Å². The molecule has 4 heteroatoms. The number of hydrogen-bond acceptors (Lipinski definition) is 3. The first-order valence-electron chi connectivity index (χ1n) is 7.44. The van der Waals surface area contributed by atoms with Crippen molar-refractivity contribution < 1.29 is 4.79 Å². The van der Waals surface area contributed by atoms with Crippen molar-refractivity contribution in [3.8, 4) is 0 Å². The molecule has 2 fully saturated rings. The maximum absolute atomic E-state index is 12.1. The molecule has 0 aromatic rings. The van der Waals surface area contributed by atoms with Crippen molar-refractivity contribution >= 4 is 5.91 Å². The number of amides is 1. The zero-order chi connectivity index (χ0) is 12.8. The second-order valence-corrected chi connectivity index (χ2v) is 6.05. The molecule has 1 atom stereocenters. The van der Waals surface area contributed by atoms with Crippen LogP contribution in [0.4, 0.5) is 0 Å². The third kappa shape index (κ3) is 3.69. The first kappa shape index (κ1) is 13.8. The number of hydrogen-bond donors (Lipinski definition) is 3. The Hall–Kier alpha value is -0.610. The van der Waals surface area contributed by atoms with Crippen molar-refractivity contribution in [2.45, 2.75) is 57.4 Å². The van der Waals surface area contributed by atoms with Gasteiger partial charge in [0, 0.05) is 19.0 Å². The van der Waals surface area contributed by atoms with Crippen LogP contribution < -0.4 is 16.4 Å². The van der Waals surface area contributed by atoms with Crippen LogP contribution in [0.3, 0.4) is 0 Å². The highest BCUT2D eigenvalue weighted by atomic mass is 16.1. The SMILES string of the molecule is NCC1(CC(=O)NC2CCCNC2)CCCCC1. The van der Waals surface area contributed by atoms with Crippen molar-refractivity contribution in [2.75, 3.05) is 19.6 Å². The minimum absolute atomic E-state index is 0.0877. The van der Waals surface area contributed by atoms with E-state index in [1.54, 1.807) is 0 Å². The van der Waals surface area contributed by atoms with E-state index in [-0.39, 0.29) is 11.3 Å². The van der Waals surface area contributed by atoms with Crippen LogP contribution in [0.5, 0.6) is 0 Å². The monoisotopic (exact) mass is 253 g/mol. The van der Waals surface area contributed by atoms with Crippen LogP contribution >= 0.6 is 0 Å². The molecule has 1 saturated carbocycles. The van der Waals surface area contributed by atoms with Gasteiger partial charge in [-0.1, -0.05) is 19.3 Å². The number of nitrogens with one attached hydrogen (secondary N) is 2. The fourth-order valence-corrected chi connectivity index (χ4v) is 3.35. The molecule has 0 aromatic heterocycles. The van der Waals surface area contributed by atoms with Gasteiger partial charge in [-0.2, -0.15) is 0 Å². The third-order valence-corrected chi connectivity index (χ3v) is 4.54. The van der Waals surface area contributed by atoms with Crippen LogP contribution in [0.15, 0.2) is 0 Å². The van der Waals surface area contributed by atoms with Gasteiger partial charge in [0.25, 0.3) is 0 Å². The Balaban J connectivity index is 1.81. The fourth-order valence-electron chi connectivity index (χ4n) is 3.35. The summed E-state index contributed by atoms with van der Waals surface area (Å²) >= 11 is 0. The normalized spacial score (nSPS) is 27.7. The molecule has 18 heavy (non-hydrogen) atoms. The van der Waals surface area contributed by atoms with Gasteiger partial charge in [-0.3, -0.25) is 4.79 Å². The van der Waals surface area contributed by atoms with Gasteiger partial charge in [0.15, 0.2) is 0 Å². The van der Waals surface area contributed by atoms with Gasteiger partial charge in [0.2, 0.25) is 5.91 Å². The van der Waals surface area contributed by atoms with E-state index in [1.165, 1.54) is 19.3 Å². The largest absolute Gasteiger partial charge is 0.352 e. The summed E-state index contributed by atoms with van der Waals surface area (Å²) in [7, 11) is 0. The van der Waals surface area contributed by atoms with Crippen molar-refractivity contribution in [3.05, 3.63) is 0 Å². The standard InChI is InChI=1S/C14H27N3O/c15-11-14(6-2-1-3-7-14)9-13(18)17-12-5-4-8-16-10-12/h12,16H,1-11,15H2,(H,17,18). The quantitative estimate of drug-likeness (QED) is 0.704. The van der Waals surface area contributed by atoms with E-state index in [1.807, 2.05) is 0 Å². The average molecular weight is 253 g/mol. The summed E-state index contributed by atoms with van der Waals surface area (Å²) in [5.41, 5.74) is 6.02. The number of rotatable bonds is 4. The van der Waals surface area contributed by atoms with Gasteiger partial charge in [-0.15, -0.1) is 0 Å². The van der Waals surface area contributed by atoms with E-state index in [4.69, 9.17) is 5.73 Å². The zero-order valence-corrected chi connectivity index (χ0v) is 11.3. The first-order valence-corrected chi connectivity index (χ1v) is 7.44. The Kier molecular flexibility index (Phi) is 5.01. The maximum atomic E-state index is 12.1. The molecule has 2 rings (SSSR count). The lowest BCUT2D eigenvalue weighted by Crippen LogP contribution is -2.47. The van der Waals surface area contributed by atoms with E-state index in [2.05, 4.69) is 10.6 Å². The predicted molar refractivity (Wildman–Crippen MR) is 73.2 cm³/mol. The molecule has 1 unspecified atom stereocenters. The highest BCUT2D eigenvalue weighted by Crippen LogP contribution is 2.38. The maximum Gasteiger partial charge on any atom is 0.220 e. The van der Waals surface area contributed by atoms with Crippen molar-refractivity contribution in [1.82, 2.24) is 10.6 Å². The second kappa shape index (κ2) is 6.53. The molecule has 1 amide bonds. The van der Waals surface area contributed by atoms with Gasteiger partial charge in [0.1, 0.15) is 0 Å². The smallest absolute Gasteiger partial charge is 0.220 e. The Morgan fingerprint density at radius 1 is 1.28 bits per heavy atom. The van der Waals surface area contributed by atoms with E-state index in [9.17, 15) is 4.79 Å². The summed E-state index contributed by atoms with van der Waals surface area (Å²) in [6.45, 7) is 2.66. The molecule has 1 aliphatic heterocycles. The molecule has 0 spiro atoms. The molecule has 2 aliphatic rings. The number of nitrogens with two attached hydrogens (primary N) is 1. The lowest BCUT2D eigenvalue weighted by Gasteiger charge is -2.36. The van der Waals surface area contributed by atoms with Gasteiger partial charge < -0.3 is 16.4 Å². The van der Waals surface area contributed by atoms with Gasteiger partial charge in [-0.05, 0) is 44.2 Å². The predicted octanol–water partition coefficient (Wildman–Crippen LogP) is 1.15. The van der Waals surface area contributed by atoms with Crippen LogP contribution in [-0.2, 0) is 4.79 Å². The van der Waals surface area contributed by atoms with Crippen LogP contribution in [-0.4, -0.2) is 31.6 Å². The van der Waals surface area contributed by atoms with E-state index in [0.29, 0.717) is 19.0 Å². The molecular formula is C14H27N3O. The topological polar surface area (TPSA) is 67.2 Å². The summed E-state index contributed by atoms with van der Waals surface area (Å²) in [6, 6.07) is 0.324. The van der Waals surface area contributed by atoms with E-state index in [0.717, 1.165) is 38.8 Å². The minimum atomic E-state index is 0.0877. The molecule has 1 aliphatic carbocycles. The van der Waals surface area contributed by atoms with E-state index >= 15 is 0 Å². The third-order valence-electron chi connectivity index (χ3n) is 4.54. The van der Waals surface area contributed by atoms with Crippen molar-refractivity contribution in [2.24, 2.45) is 11.1 Å².